The molecule has 1 fully saturated rings. The number of halogens is 1. The molecular formula is C38H35FN6O4S3. The summed E-state index contributed by atoms with van der Waals surface area (Å²) in [4.78, 5) is 20.7. The molecule has 52 heavy (non-hydrogen) atoms. The number of hydrogen-bond acceptors (Lipinski definition) is 9. The number of rotatable bonds is 12. The minimum absolute atomic E-state index is 0.00649. The van der Waals surface area contributed by atoms with E-state index < -0.39 is 10.0 Å². The zero-order valence-electron chi connectivity index (χ0n) is 28.2. The molecule has 0 N–H and O–H groups in total. The Labute approximate surface area is 310 Å². The topological polar surface area (TPSA) is 111 Å². The molecule has 7 rings (SSSR count). The molecule has 4 aromatic carbocycles. The van der Waals surface area contributed by atoms with E-state index in [4.69, 9.17) is 9.72 Å². The molecule has 2 aromatic heterocycles. The van der Waals surface area contributed by atoms with Gasteiger partial charge >= 0.3 is 0 Å². The van der Waals surface area contributed by atoms with Crippen molar-refractivity contribution in [1.82, 2.24) is 24.1 Å². The molecule has 1 amide bonds. The van der Waals surface area contributed by atoms with Crippen molar-refractivity contribution in [3.05, 3.63) is 132 Å². The predicted octanol–water partition coefficient (Wildman–Crippen LogP) is 7.16. The van der Waals surface area contributed by atoms with E-state index in [0.717, 1.165) is 22.4 Å². The van der Waals surface area contributed by atoms with E-state index in [1.807, 2.05) is 83.6 Å². The van der Waals surface area contributed by atoms with Gasteiger partial charge in [-0.25, -0.2) is 17.8 Å². The van der Waals surface area contributed by atoms with Crippen LogP contribution in [0.1, 0.15) is 24.1 Å². The minimum atomic E-state index is -3.76. The number of thiazole rings is 1. The van der Waals surface area contributed by atoms with Crippen molar-refractivity contribution in [3.63, 3.8) is 0 Å². The summed E-state index contributed by atoms with van der Waals surface area (Å²) in [6.45, 7) is 3.48. The Bertz CT molecular complexity index is 2240. The second kappa shape index (κ2) is 15.9. The second-order valence-electron chi connectivity index (χ2n) is 12.1. The first kappa shape index (κ1) is 35.7. The summed E-state index contributed by atoms with van der Waals surface area (Å²) in [5.74, 6) is -0.0945. The van der Waals surface area contributed by atoms with Gasteiger partial charge in [0.25, 0.3) is 0 Å². The van der Waals surface area contributed by atoms with Crippen LogP contribution in [0.2, 0.25) is 0 Å². The van der Waals surface area contributed by atoms with Gasteiger partial charge in [0.1, 0.15) is 5.82 Å². The zero-order chi connectivity index (χ0) is 36.1. The number of carbonyl (C=O) groups excluding carboxylic acids is 1. The molecule has 1 atom stereocenters. The van der Waals surface area contributed by atoms with Crippen molar-refractivity contribution in [2.75, 3.05) is 37.0 Å². The summed E-state index contributed by atoms with van der Waals surface area (Å²) < 4.78 is 49.6. The van der Waals surface area contributed by atoms with Gasteiger partial charge in [0, 0.05) is 29.6 Å². The van der Waals surface area contributed by atoms with E-state index in [-0.39, 0.29) is 48.0 Å². The Morgan fingerprint density at radius 2 is 1.62 bits per heavy atom. The van der Waals surface area contributed by atoms with Gasteiger partial charge in [0.2, 0.25) is 15.9 Å². The van der Waals surface area contributed by atoms with Gasteiger partial charge in [0.15, 0.2) is 16.1 Å². The predicted molar refractivity (Wildman–Crippen MR) is 201 cm³/mol. The SMILES string of the molecule is CC(c1ccccc1)n1c(SCC(=O)N(Cc2ccc(F)cc2)c2nc(-c3ccccc3)cs2)nnc1-c1cccc(S(=O)(=O)N2CCOCC2)c1. The average Bonchev–Trinajstić information content (AvgIpc) is 3.86. The van der Waals surface area contributed by atoms with Crippen LogP contribution < -0.4 is 4.90 Å². The molecule has 6 aromatic rings. The second-order valence-corrected chi connectivity index (χ2v) is 15.8. The maximum atomic E-state index is 14.1. The standard InChI is InChI=1S/C38H35FN6O4S3/c1-27(29-9-4-2-5-10-29)45-36(31-13-8-14-33(23-31)52(47,48)43-19-21-49-22-20-43)41-42-38(45)51-26-35(46)44(24-28-15-17-32(39)18-16-28)37-40-34(25-50-37)30-11-6-3-7-12-30/h2-18,23,25,27H,19-22,24,26H2,1H3. The van der Waals surface area contributed by atoms with Crippen molar-refractivity contribution in [1.29, 1.82) is 0 Å². The van der Waals surface area contributed by atoms with E-state index in [1.54, 1.807) is 35.2 Å². The molecule has 0 saturated carbocycles. The normalized spacial score (nSPS) is 14.3. The number of ether oxygens (including phenoxy) is 1. The highest BCUT2D eigenvalue weighted by atomic mass is 32.2. The molecular weight excluding hydrogens is 720 g/mol. The van der Waals surface area contributed by atoms with Gasteiger partial charge in [-0.1, -0.05) is 96.7 Å². The van der Waals surface area contributed by atoms with Crippen LogP contribution in [0, 0.1) is 5.82 Å². The zero-order valence-corrected chi connectivity index (χ0v) is 30.7. The van der Waals surface area contributed by atoms with Crippen molar-refractivity contribution in [2.24, 2.45) is 0 Å². The fraction of sp³-hybridized carbons (Fsp3) is 0.211. The number of nitrogens with zero attached hydrogens (tertiary/aromatic N) is 6. The maximum Gasteiger partial charge on any atom is 0.243 e. The van der Waals surface area contributed by atoms with Crippen molar-refractivity contribution >= 4 is 44.2 Å². The summed E-state index contributed by atoms with van der Waals surface area (Å²) in [6.07, 6.45) is 0. The van der Waals surface area contributed by atoms with E-state index in [0.29, 0.717) is 34.9 Å². The highest BCUT2D eigenvalue weighted by molar-refractivity contribution is 7.99. The van der Waals surface area contributed by atoms with Crippen molar-refractivity contribution in [3.8, 4) is 22.6 Å². The first-order chi connectivity index (χ1) is 25.3. The van der Waals surface area contributed by atoms with Crippen LogP contribution in [0.4, 0.5) is 9.52 Å². The van der Waals surface area contributed by atoms with Crippen LogP contribution in [0.5, 0.6) is 0 Å². The van der Waals surface area contributed by atoms with E-state index in [2.05, 4.69) is 10.2 Å². The number of thioether (sulfide) groups is 1. The summed E-state index contributed by atoms with van der Waals surface area (Å²) in [6, 6.07) is 32.1. The Balaban J connectivity index is 1.20. The monoisotopic (exact) mass is 754 g/mol. The Morgan fingerprint density at radius 3 is 2.35 bits per heavy atom. The third-order valence-corrected chi connectivity index (χ3v) is 12.4. The van der Waals surface area contributed by atoms with Crippen molar-refractivity contribution in [2.45, 2.75) is 29.6 Å². The largest absolute Gasteiger partial charge is 0.379 e. The highest BCUT2D eigenvalue weighted by Gasteiger charge is 2.29. The van der Waals surface area contributed by atoms with Crippen LogP contribution >= 0.6 is 23.1 Å². The molecule has 3 heterocycles. The molecule has 14 heteroatoms. The van der Waals surface area contributed by atoms with Gasteiger partial charge in [-0.05, 0) is 42.3 Å². The lowest BCUT2D eigenvalue weighted by Gasteiger charge is -2.26. The molecule has 0 aliphatic carbocycles. The van der Waals surface area contributed by atoms with Gasteiger partial charge < -0.3 is 4.74 Å². The fourth-order valence-corrected chi connectivity index (χ4v) is 9.10. The summed E-state index contributed by atoms with van der Waals surface area (Å²) in [7, 11) is -3.76. The minimum Gasteiger partial charge on any atom is -0.379 e. The van der Waals surface area contributed by atoms with Crippen LogP contribution in [-0.2, 0) is 26.1 Å². The quantitative estimate of drug-likeness (QED) is 0.121. The Kier molecular flexibility index (Phi) is 10.9. The lowest BCUT2D eigenvalue weighted by atomic mass is 10.1. The summed E-state index contributed by atoms with van der Waals surface area (Å²) >= 11 is 2.60. The Hall–Kier alpha value is -4.73. The molecule has 1 aliphatic heterocycles. The van der Waals surface area contributed by atoms with Gasteiger partial charge in [-0.3, -0.25) is 14.3 Å². The van der Waals surface area contributed by atoms with Gasteiger partial charge in [-0.15, -0.1) is 21.5 Å². The van der Waals surface area contributed by atoms with Crippen LogP contribution in [0.3, 0.4) is 0 Å². The summed E-state index contributed by atoms with van der Waals surface area (Å²) in [5.41, 5.74) is 4.02. The summed E-state index contributed by atoms with van der Waals surface area (Å²) in [5, 5.41) is 12.0. The molecule has 1 saturated heterocycles. The number of sulfonamides is 1. The molecule has 1 unspecified atom stereocenters. The van der Waals surface area contributed by atoms with Crippen LogP contribution in [0.15, 0.2) is 125 Å². The molecule has 0 radical (unpaired) electrons. The van der Waals surface area contributed by atoms with E-state index in [9.17, 15) is 17.6 Å². The molecule has 1 aliphatic rings. The van der Waals surface area contributed by atoms with Crippen molar-refractivity contribution < 1.29 is 22.3 Å². The molecule has 266 valence electrons. The third-order valence-electron chi connectivity index (χ3n) is 8.71. The number of benzene rings is 4. The van der Waals surface area contributed by atoms with Gasteiger partial charge in [0.05, 0.1) is 42.1 Å². The number of aromatic nitrogens is 4. The van der Waals surface area contributed by atoms with Crippen LogP contribution in [-0.4, -0.2) is 70.4 Å². The maximum absolute atomic E-state index is 14.1. The van der Waals surface area contributed by atoms with Gasteiger partial charge in [-0.2, -0.15) is 4.31 Å². The number of anilines is 1. The number of hydrogen-bond donors (Lipinski definition) is 0. The van der Waals surface area contributed by atoms with E-state index in [1.165, 1.54) is 39.5 Å². The Morgan fingerprint density at radius 1 is 0.923 bits per heavy atom. The lowest BCUT2D eigenvalue weighted by Crippen LogP contribution is -2.40. The average molecular weight is 755 g/mol. The number of carbonyl (C=O) groups is 1. The third kappa shape index (κ3) is 7.86. The first-order valence-corrected chi connectivity index (χ1v) is 20.0. The van der Waals surface area contributed by atoms with E-state index >= 15 is 0 Å². The molecule has 0 bridgehead atoms. The molecule has 0 spiro atoms. The highest BCUT2D eigenvalue weighted by Crippen LogP contribution is 2.34. The number of amides is 1. The molecule has 10 nitrogen and oxygen atoms in total. The first-order valence-electron chi connectivity index (χ1n) is 16.6. The van der Waals surface area contributed by atoms with Crippen LogP contribution in [0.25, 0.3) is 22.6 Å². The number of morpholine rings is 1. The lowest BCUT2D eigenvalue weighted by molar-refractivity contribution is -0.116. The smallest absolute Gasteiger partial charge is 0.243 e. The fourth-order valence-electron chi connectivity index (χ4n) is 5.90.